The van der Waals surface area contributed by atoms with Gasteiger partial charge < -0.3 is 5.32 Å². The molecule has 0 amide bonds. The Labute approximate surface area is 89.0 Å². The first-order chi connectivity index (χ1) is 6.22. The monoisotopic (exact) mass is 217 g/mol. The van der Waals surface area contributed by atoms with Crippen molar-refractivity contribution < 1.29 is 0 Å². The number of benzene rings is 1. The van der Waals surface area contributed by atoms with Gasteiger partial charge in [-0.05, 0) is 24.6 Å². The van der Waals surface area contributed by atoms with E-state index in [2.05, 4.69) is 12.2 Å². The molecule has 0 spiro atoms. The number of halogens is 2. The highest BCUT2D eigenvalue weighted by Gasteiger charge is 1.98. The zero-order chi connectivity index (χ0) is 9.68. The molecule has 0 saturated carbocycles. The predicted octanol–water partition coefficient (Wildman–Crippen LogP) is 3.06. The second-order valence-electron chi connectivity index (χ2n) is 3.07. The second kappa shape index (κ2) is 5.48. The summed E-state index contributed by atoms with van der Waals surface area (Å²) >= 11 is 11.5. The van der Waals surface area contributed by atoms with Crippen LogP contribution in [0.4, 0.5) is 0 Å². The summed E-state index contributed by atoms with van der Waals surface area (Å²) < 4.78 is 0. The third-order valence-electron chi connectivity index (χ3n) is 1.78. The topological polar surface area (TPSA) is 12.0 Å². The van der Waals surface area contributed by atoms with Crippen LogP contribution < -0.4 is 5.32 Å². The van der Waals surface area contributed by atoms with Gasteiger partial charge in [-0.15, -0.1) is 11.6 Å². The Morgan fingerprint density at radius 1 is 1.46 bits per heavy atom. The summed E-state index contributed by atoms with van der Waals surface area (Å²) in [4.78, 5) is 0. The Kier molecular flexibility index (Phi) is 4.57. The molecule has 0 heterocycles. The molecule has 0 bridgehead atoms. The summed E-state index contributed by atoms with van der Waals surface area (Å²) in [7, 11) is 0. The number of rotatable bonds is 4. The SMILES string of the molecule is CC(CCl)NCc1cccc(Cl)c1. The maximum Gasteiger partial charge on any atom is 0.0409 e. The predicted molar refractivity (Wildman–Crippen MR) is 58.5 cm³/mol. The van der Waals surface area contributed by atoms with Gasteiger partial charge in [0.25, 0.3) is 0 Å². The van der Waals surface area contributed by atoms with Gasteiger partial charge in [0.2, 0.25) is 0 Å². The zero-order valence-electron chi connectivity index (χ0n) is 7.56. The fraction of sp³-hybridized carbons (Fsp3) is 0.400. The average Bonchev–Trinajstić information content (AvgIpc) is 2.14. The van der Waals surface area contributed by atoms with Crippen LogP contribution in [0.15, 0.2) is 24.3 Å². The molecule has 1 nitrogen and oxygen atoms in total. The molecule has 72 valence electrons. The van der Waals surface area contributed by atoms with Crippen LogP contribution in [0.1, 0.15) is 12.5 Å². The van der Waals surface area contributed by atoms with Gasteiger partial charge in [0.1, 0.15) is 0 Å². The van der Waals surface area contributed by atoms with Gasteiger partial charge in [-0.3, -0.25) is 0 Å². The minimum atomic E-state index is 0.334. The van der Waals surface area contributed by atoms with E-state index in [1.807, 2.05) is 24.3 Å². The summed E-state index contributed by atoms with van der Waals surface area (Å²) in [6.07, 6.45) is 0. The van der Waals surface area contributed by atoms with Crippen LogP contribution in [0.5, 0.6) is 0 Å². The van der Waals surface area contributed by atoms with Crippen molar-refractivity contribution in [2.24, 2.45) is 0 Å². The fourth-order valence-corrected chi connectivity index (χ4v) is 1.32. The van der Waals surface area contributed by atoms with E-state index in [4.69, 9.17) is 23.2 Å². The molecular formula is C10H13Cl2N. The van der Waals surface area contributed by atoms with Crippen molar-refractivity contribution in [3.05, 3.63) is 34.9 Å². The molecule has 1 aromatic carbocycles. The standard InChI is InChI=1S/C10H13Cl2N/c1-8(6-11)13-7-9-3-2-4-10(12)5-9/h2-5,8,13H,6-7H2,1H3. The Morgan fingerprint density at radius 2 is 2.23 bits per heavy atom. The third kappa shape index (κ3) is 3.99. The Balaban J connectivity index is 2.45. The molecule has 3 heteroatoms. The first kappa shape index (κ1) is 10.8. The van der Waals surface area contributed by atoms with Crippen molar-refractivity contribution >= 4 is 23.2 Å². The van der Waals surface area contributed by atoms with Gasteiger partial charge >= 0.3 is 0 Å². The van der Waals surface area contributed by atoms with Crippen LogP contribution in [0.25, 0.3) is 0 Å². The lowest BCUT2D eigenvalue weighted by molar-refractivity contribution is 0.593. The van der Waals surface area contributed by atoms with Crippen LogP contribution in [0.3, 0.4) is 0 Å². The van der Waals surface area contributed by atoms with Crippen molar-refractivity contribution in [2.75, 3.05) is 5.88 Å². The molecule has 0 aromatic heterocycles. The lowest BCUT2D eigenvalue weighted by Gasteiger charge is -2.09. The highest BCUT2D eigenvalue weighted by molar-refractivity contribution is 6.30. The van der Waals surface area contributed by atoms with E-state index in [9.17, 15) is 0 Å². The largest absolute Gasteiger partial charge is 0.309 e. The summed E-state index contributed by atoms with van der Waals surface area (Å²) in [5.41, 5.74) is 1.18. The Bertz CT molecular complexity index is 263. The molecule has 1 N–H and O–H groups in total. The molecule has 1 unspecified atom stereocenters. The molecule has 1 aromatic rings. The molecule has 1 atom stereocenters. The maximum absolute atomic E-state index is 5.84. The molecule has 0 radical (unpaired) electrons. The van der Waals surface area contributed by atoms with Gasteiger partial charge in [0.05, 0.1) is 0 Å². The number of hydrogen-bond acceptors (Lipinski definition) is 1. The van der Waals surface area contributed by atoms with Gasteiger partial charge in [-0.25, -0.2) is 0 Å². The van der Waals surface area contributed by atoms with E-state index in [0.717, 1.165) is 11.6 Å². The Morgan fingerprint density at radius 3 is 2.85 bits per heavy atom. The van der Waals surface area contributed by atoms with Crippen molar-refractivity contribution in [2.45, 2.75) is 19.5 Å². The van der Waals surface area contributed by atoms with Gasteiger partial charge in [0, 0.05) is 23.5 Å². The third-order valence-corrected chi connectivity index (χ3v) is 2.47. The van der Waals surface area contributed by atoms with E-state index < -0.39 is 0 Å². The smallest absolute Gasteiger partial charge is 0.0409 e. The second-order valence-corrected chi connectivity index (χ2v) is 3.81. The molecule has 0 fully saturated rings. The minimum Gasteiger partial charge on any atom is -0.309 e. The van der Waals surface area contributed by atoms with Crippen LogP contribution >= 0.6 is 23.2 Å². The number of hydrogen-bond donors (Lipinski definition) is 1. The minimum absolute atomic E-state index is 0.334. The van der Waals surface area contributed by atoms with E-state index in [0.29, 0.717) is 11.9 Å². The van der Waals surface area contributed by atoms with Crippen molar-refractivity contribution in [3.63, 3.8) is 0 Å². The first-order valence-electron chi connectivity index (χ1n) is 4.26. The first-order valence-corrected chi connectivity index (χ1v) is 5.17. The van der Waals surface area contributed by atoms with E-state index in [1.165, 1.54) is 5.56 Å². The molecule has 0 aliphatic rings. The average molecular weight is 218 g/mol. The fourth-order valence-electron chi connectivity index (χ4n) is 0.994. The maximum atomic E-state index is 5.84. The van der Waals surface area contributed by atoms with Gasteiger partial charge in [-0.2, -0.15) is 0 Å². The van der Waals surface area contributed by atoms with Crippen LogP contribution in [-0.2, 0) is 6.54 Å². The van der Waals surface area contributed by atoms with Gasteiger partial charge in [-0.1, -0.05) is 23.7 Å². The van der Waals surface area contributed by atoms with Crippen LogP contribution in [0.2, 0.25) is 5.02 Å². The quantitative estimate of drug-likeness (QED) is 0.766. The lowest BCUT2D eigenvalue weighted by atomic mass is 10.2. The normalized spacial score (nSPS) is 12.8. The van der Waals surface area contributed by atoms with Crippen LogP contribution in [0, 0.1) is 0 Å². The summed E-state index contributed by atoms with van der Waals surface area (Å²) in [5, 5.41) is 4.06. The highest BCUT2D eigenvalue weighted by Crippen LogP contribution is 2.10. The summed E-state index contributed by atoms with van der Waals surface area (Å²) in [6.45, 7) is 2.87. The van der Waals surface area contributed by atoms with E-state index >= 15 is 0 Å². The summed E-state index contributed by atoms with van der Waals surface area (Å²) in [6, 6.07) is 8.15. The van der Waals surface area contributed by atoms with Crippen LogP contribution in [-0.4, -0.2) is 11.9 Å². The molecule has 0 aliphatic heterocycles. The van der Waals surface area contributed by atoms with Crippen molar-refractivity contribution in [1.82, 2.24) is 5.32 Å². The van der Waals surface area contributed by atoms with E-state index in [1.54, 1.807) is 0 Å². The molecule has 0 aliphatic carbocycles. The molecule has 13 heavy (non-hydrogen) atoms. The van der Waals surface area contributed by atoms with Gasteiger partial charge in [0.15, 0.2) is 0 Å². The lowest BCUT2D eigenvalue weighted by Crippen LogP contribution is -2.26. The van der Waals surface area contributed by atoms with E-state index in [-0.39, 0.29) is 0 Å². The number of nitrogens with one attached hydrogen (secondary N) is 1. The van der Waals surface area contributed by atoms with Crippen molar-refractivity contribution in [3.8, 4) is 0 Å². The molecular weight excluding hydrogens is 205 g/mol. The Hall–Kier alpha value is -0.240. The number of alkyl halides is 1. The zero-order valence-corrected chi connectivity index (χ0v) is 9.07. The van der Waals surface area contributed by atoms with Crippen molar-refractivity contribution in [1.29, 1.82) is 0 Å². The highest BCUT2D eigenvalue weighted by atomic mass is 35.5. The molecule has 1 rings (SSSR count). The summed E-state index contributed by atoms with van der Waals surface area (Å²) in [5.74, 6) is 0.626. The molecule has 0 saturated heterocycles.